The number of nitrogens with one attached hydrogen (secondary N) is 1. The molecule has 1 N–H and O–H groups in total. The topological polar surface area (TPSA) is 65.8 Å². The largest absolute Gasteiger partial charge is 0.359 e. The van der Waals surface area contributed by atoms with Gasteiger partial charge in [0.15, 0.2) is 5.82 Å². The van der Waals surface area contributed by atoms with Gasteiger partial charge in [0.2, 0.25) is 0 Å². The van der Waals surface area contributed by atoms with E-state index in [1.807, 2.05) is 4.90 Å². The third kappa shape index (κ3) is 3.62. The molecular weight excluding hydrogens is 433 g/mol. The van der Waals surface area contributed by atoms with Crippen LogP contribution in [-0.2, 0) is 5.54 Å². The van der Waals surface area contributed by atoms with Crippen LogP contribution in [0.3, 0.4) is 0 Å². The number of likely N-dealkylation sites (tertiary alicyclic amines) is 2. The molecule has 0 bridgehead atoms. The highest BCUT2D eigenvalue weighted by atomic mass is 19.3. The first-order chi connectivity index (χ1) is 15.6. The molecule has 1 amide bonds. The van der Waals surface area contributed by atoms with E-state index in [0.717, 1.165) is 32.2 Å². The minimum atomic E-state index is -2.91. The number of benzene rings is 1. The molecule has 2 saturated heterocycles. The zero-order valence-corrected chi connectivity index (χ0v) is 18.6. The summed E-state index contributed by atoms with van der Waals surface area (Å²) in [5.41, 5.74) is -0.343. The van der Waals surface area contributed by atoms with Gasteiger partial charge < -0.3 is 15.1 Å². The number of fused-ring (bicyclic) bond motifs is 1. The maximum absolute atomic E-state index is 14.8. The molecule has 2 fully saturated rings. The number of rotatable bonds is 5. The number of alkyl halides is 2. The molecule has 0 radical (unpaired) electrons. The smallest absolute Gasteiger partial charge is 0.266 e. The SMILES string of the molecule is CN1CC2(C1)CN(C(=O)c1cc3c(NC(C)(C)c4cccc(C(F)F)c4F)ncnn3c1)C2. The van der Waals surface area contributed by atoms with Gasteiger partial charge in [0.1, 0.15) is 17.7 Å². The van der Waals surface area contributed by atoms with Crippen molar-refractivity contribution in [2.45, 2.75) is 25.8 Å². The maximum Gasteiger partial charge on any atom is 0.266 e. The second-order valence-electron chi connectivity index (χ2n) is 9.76. The minimum Gasteiger partial charge on any atom is -0.359 e. The van der Waals surface area contributed by atoms with Gasteiger partial charge in [-0.15, -0.1) is 0 Å². The zero-order valence-electron chi connectivity index (χ0n) is 18.6. The predicted octanol–water partition coefficient (Wildman–Crippen LogP) is 3.54. The molecule has 1 aromatic carbocycles. The van der Waals surface area contributed by atoms with Crippen molar-refractivity contribution in [2.75, 3.05) is 38.5 Å². The summed E-state index contributed by atoms with van der Waals surface area (Å²) in [6, 6.07) is 5.66. The van der Waals surface area contributed by atoms with Crippen molar-refractivity contribution >= 4 is 17.2 Å². The molecule has 4 heterocycles. The molecule has 2 aromatic heterocycles. The number of halogens is 3. The van der Waals surface area contributed by atoms with Gasteiger partial charge in [-0.05, 0) is 27.0 Å². The standard InChI is InChI=1S/C23H25F3N6O/c1-22(2,16-6-4-5-15(18(16)24)19(25)26)29-20-17-7-14(8-32(17)28-13-27-20)21(33)31-11-23(12-31)9-30(3)10-23/h4-8,13,19H,9-12H2,1-3H3,(H,27,28,29). The Kier molecular flexibility index (Phi) is 4.89. The van der Waals surface area contributed by atoms with Crippen LogP contribution in [-0.4, -0.2) is 63.5 Å². The first-order valence-electron chi connectivity index (χ1n) is 10.8. The summed E-state index contributed by atoms with van der Waals surface area (Å²) < 4.78 is 42.7. The predicted molar refractivity (Wildman–Crippen MR) is 117 cm³/mol. The Morgan fingerprint density at radius 2 is 1.94 bits per heavy atom. The van der Waals surface area contributed by atoms with Gasteiger partial charge in [-0.1, -0.05) is 18.2 Å². The van der Waals surface area contributed by atoms with E-state index >= 15 is 0 Å². The highest BCUT2D eigenvalue weighted by Gasteiger charge is 2.52. The van der Waals surface area contributed by atoms with Crippen LogP contribution in [0, 0.1) is 11.2 Å². The van der Waals surface area contributed by atoms with Crippen LogP contribution in [0.1, 0.15) is 41.8 Å². The van der Waals surface area contributed by atoms with Gasteiger partial charge in [0, 0.05) is 43.4 Å². The third-order valence-electron chi connectivity index (χ3n) is 6.57. The quantitative estimate of drug-likeness (QED) is 0.634. The average Bonchev–Trinajstić information content (AvgIpc) is 3.14. The number of amides is 1. The van der Waals surface area contributed by atoms with Gasteiger partial charge in [-0.25, -0.2) is 22.7 Å². The Balaban J connectivity index is 1.40. The van der Waals surface area contributed by atoms with E-state index in [1.165, 1.54) is 23.0 Å². The normalized spacial score (nSPS) is 18.0. The minimum absolute atomic E-state index is 0.0680. The summed E-state index contributed by atoms with van der Waals surface area (Å²) in [5, 5.41) is 7.33. The van der Waals surface area contributed by atoms with Gasteiger partial charge in [-0.2, -0.15) is 5.10 Å². The lowest BCUT2D eigenvalue weighted by atomic mass is 9.73. The molecule has 3 aromatic rings. The molecule has 0 saturated carbocycles. The Morgan fingerprint density at radius 3 is 2.61 bits per heavy atom. The molecule has 2 aliphatic heterocycles. The second kappa shape index (κ2) is 7.44. The summed E-state index contributed by atoms with van der Waals surface area (Å²) in [5.74, 6) is -0.646. The van der Waals surface area contributed by atoms with Crippen molar-refractivity contribution in [2.24, 2.45) is 5.41 Å². The number of aromatic nitrogens is 3. The van der Waals surface area contributed by atoms with E-state index in [9.17, 15) is 18.0 Å². The molecule has 0 atom stereocenters. The molecule has 174 valence electrons. The number of carbonyl (C=O) groups excluding carboxylic acids is 1. The Bertz CT molecular complexity index is 1230. The monoisotopic (exact) mass is 458 g/mol. The number of nitrogens with zero attached hydrogens (tertiary/aromatic N) is 5. The molecule has 2 aliphatic rings. The van der Waals surface area contributed by atoms with E-state index in [0.29, 0.717) is 16.9 Å². The molecule has 33 heavy (non-hydrogen) atoms. The van der Waals surface area contributed by atoms with Crippen LogP contribution in [0.5, 0.6) is 0 Å². The zero-order chi connectivity index (χ0) is 23.5. The average molecular weight is 458 g/mol. The number of carbonyl (C=O) groups is 1. The first kappa shape index (κ1) is 21.7. The molecule has 1 spiro atoms. The van der Waals surface area contributed by atoms with Gasteiger partial charge in [0.25, 0.3) is 12.3 Å². The van der Waals surface area contributed by atoms with Crippen LogP contribution in [0.15, 0.2) is 36.8 Å². The van der Waals surface area contributed by atoms with E-state index in [1.54, 1.807) is 26.1 Å². The summed E-state index contributed by atoms with van der Waals surface area (Å²) >= 11 is 0. The Morgan fingerprint density at radius 1 is 1.21 bits per heavy atom. The number of hydrogen-bond acceptors (Lipinski definition) is 5. The Hall–Kier alpha value is -3.14. The van der Waals surface area contributed by atoms with Gasteiger partial charge >= 0.3 is 0 Å². The highest BCUT2D eigenvalue weighted by Crippen LogP contribution is 2.39. The second-order valence-corrected chi connectivity index (χ2v) is 9.76. The van der Waals surface area contributed by atoms with Crippen molar-refractivity contribution < 1.29 is 18.0 Å². The fourth-order valence-electron chi connectivity index (χ4n) is 5.10. The maximum atomic E-state index is 14.8. The molecule has 0 unspecified atom stereocenters. The lowest BCUT2D eigenvalue weighted by molar-refractivity contribution is -0.0871. The fourth-order valence-corrected chi connectivity index (χ4v) is 5.10. The van der Waals surface area contributed by atoms with Crippen molar-refractivity contribution in [1.82, 2.24) is 24.4 Å². The third-order valence-corrected chi connectivity index (χ3v) is 6.57. The summed E-state index contributed by atoms with van der Waals surface area (Å²) in [6.07, 6.45) is 0.0636. The van der Waals surface area contributed by atoms with Crippen molar-refractivity contribution in [3.05, 3.63) is 59.3 Å². The van der Waals surface area contributed by atoms with Crippen LogP contribution in [0.25, 0.3) is 5.52 Å². The van der Waals surface area contributed by atoms with E-state index < -0.39 is 23.3 Å². The highest BCUT2D eigenvalue weighted by molar-refractivity contribution is 5.97. The molecule has 10 heteroatoms. The first-order valence-corrected chi connectivity index (χ1v) is 10.8. The molecule has 5 rings (SSSR count). The number of anilines is 1. The lowest BCUT2D eigenvalue weighted by Crippen LogP contribution is -2.71. The van der Waals surface area contributed by atoms with Crippen LogP contribution in [0.4, 0.5) is 19.0 Å². The van der Waals surface area contributed by atoms with E-state index in [2.05, 4.69) is 27.3 Å². The van der Waals surface area contributed by atoms with Crippen LogP contribution >= 0.6 is 0 Å². The fraction of sp³-hybridized carbons (Fsp3) is 0.435. The van der Waals surface area contributed by atoms with Crippen molar-refractivity contribution in [3.63, 3.8) is 0 Å². The molecular formula is C23H25F3N6O. The van der Waals surface area contributed by atoms with Crippen molar-refractivity contribution in [3.8, 4) is 0 Å². The van der Waals surface area contributed by atoms with E-state index in [-0.39, 0.29) is 16.9 Å². The van der Waals surface area contributed by atoms with Gasteiger partial charge in [0.05, 0.1) is 16.7 Å². The Labute approximate surface area is 189 Å². The van der Waals surface area contributed by atoms with E-state index in [4.69, 9.17) is 0 Å². The number of hydrogen-bond donors (Lipinski definition) is 1. The summed E-state index contributed by atoms with van der Waals surface area (Å²) in [4.78, 5) is 21.3. The van der Waals surface area contributed by atoms with Crippen molar-refractivity contribution in [1.29, 1.82) is 0 Å². The van der Waals surface area contributed by atoms with Crippen LogP contribution < -0.4 is 5.32 Å². The van der Waals surface area contributed by atoms with Crippen LogP contribution in [0.2, 0.25) is 0 Å². The molecule has 0 aliphatic carbocycles. The summed E-state index contributed by atoms with van der Waals surface area (Å²) in [7, 11) is 2.07. The lowest BCUT2D eigenvalue weighted by Gasteiger charge is -2.59. The molecule has 7 nitrogen and oxygen atoms in total. The van der Waals surface area contributed by atoms with Gasteiger partial charge in [-0.3, -0.25) is 4.79 Å². The summed E-state index contributed by atoms with van der Waals surface area (Å²) in [6.45, 7) is 6.86.